The van der Waals surface area contributed by atoms with E-state index in [1.807, 2.05) is 73.2 Å². The number of rotatable bonds is 15. The van der Waals surface area contributed by atoms with Crippen molar-refractivity contribution >= 4 is 66.7 Å². The molecule has 3 saturated carbocycles. The van der Waals surface area contributed by atoms with Gasteiger partial charge in [0.25, 0.3) is 0 Å². The van der Waals surface area contributed by atoms with E-state index in [4.69, 9.17) is 47.1 Å². The summed E-state index contributed by atoms with van der Waals surface area (Å²) in [6, 6.07) is 65.2. The number of hydrogen-bond donors (Lipinski definition) is 5. The number of β-amino-alcohol motifs (C(OH)–C–C–N with tert-alkyl or cyclic N) is 1. The van der Waals surface area contributed by atoms with Crippen LogP contribution >= 0.6 is 0 Å². The number of aliphatic hydroxyl groups excluding tert-OH is 2. The highest BCUT2D eigenvalue weighted by molar-refractivity contribution is 5.95. The fraction of sp³-hybridized carbons (Fsp3) is 0.337. The molecule has 0 amide bonds. The van der Waals surface area contributed by atoms with Gasteiger partial charge in [-0.2, -0.15) is 0 Å². The Morgan fingerprint density at radius 2 is 0.658 bits per heavy atom. The maximum absolute atomic E-state index is 9.86. The minimum Gasteiger partial charge on any atom is -0.395 e. The number of nitrogens with zero attached hydrogens (tertiary/aromatic N) is 17. The Morgan fingerprint density at radius 3 is 1.01 bits per heavy atom. The average molecular weight is 1550 g/mol. The first-order valence-corrected chi connectivity index (χ1v) is 42.3. The maximum Gasteiger partial charge on any atom is 0.150 e. The highest BCUT2D eigenvalue weighted by Crippen LogP contribution is 2.47. The Bertz CT molecular complexity index is 6070. The number of hydrogen-bond acceptors (Lipinski definition) is 19. The topological polar surface area (TPSA) is 264 Å². The number of aliphatic hydroxyl groups is 2. The number of anilines is 3. The van der Waals surface area contributed by atoms with E-state index in [0.29, 0.717) is 53.3 Å². The zero-order valence-electron chi connectivity index (χ0n) is 66.1. The second-order valence-corrected chi connectivity index (χ2v) is 33.3. The molecule has 0 atom stereocenters. The predicted octanol–water partition coefficient (Wildman–Crippen LogP) is 14.9. The summed E-state index contributed by atoms with van der Waals surface area (Å²) in [4.78, 5) is 56.8. The summed E-state index contributed by atoms with van der Waals surface area (Å²) in [5.41, 5.74) is 36.6. The molecule has 7 aliphatic rings. The normalized spacial score (nSPS) is 21.3. The monoisotopic (exact) mass is 1550 g/mol. The summed E-state index contributed by atoms with van der Waals surface area (Å²) in [5, 5.41) is 22.4. The molecule has 8 N–H and O–H groups in total. The summed E-state index contributed by atoms with van der Waals surface area (Å²) in [7, 11) is 0. The molecule has 0 bridgehead atoms. The van der Waals surface area contributed by atoms with Gasteiger partial charge in [0.05, 0.1) is 46.3 Å². The fourth-order valence-electron chi connectivity index (χ4n) is 19.6. The van der Waals surface area contributed by atoms with Gasteiger partial charge in [0.1, 0.15) is 68.6 Å². The molecule has 13 heterocycles. The van der Waals surface area contributed by atoms with Crippen LogP contribution < -0.4 is 17.2 Å². The van der Waals surface area contributed by atoms with Crippen LogP contribution in [0.4, 0.5) is 17.5 Å². The molecule has 0 unspecified atom stereocenters. The van der Waals surface area contributed by atoms with Crippen molar-refractivity contribution in [1.29, 1.82) is 0 Å². The standard InChI is InChI=1S/C34H37N7.C31H33N7O.C30H30N6O/c35-33-32-31(25-9-8-24-10-11-29(37-30(24)22-25)23-6-2-1-3-7-23)38-34(41(32)19-14-36-33)26-20-28(21-26)40-17-12-27(13-18-40)39-15-4-5-16-39;32-30-29-28(23-7-6-22-8-9-26(34-27(22)20-23)21-4-2-1-3-5-21)35-31(38(29)11-10-33-30)24-18-25(19-24)37-14-12-36(13-15-37)16-17-39;31-29-28-27(21-7-6-20-8-9-25(33-26(20)18-21)19-4-2-1-3-5-19)34-30(36(28)15-12-32-29)22-16-23(17-22)35-13-10-24(37)11-14-35/h1-3,6-11,14,19,22,26-28H,4-5,12-13,15-18,20-21H2,(H2,35,36);1-11,20,24-25,39H,12-19H2,(H2,32,33);1-9,12,15,18,22-24,37H,10-11,13-14,16-17H2,(H2,31,32). The number of benzene rings is 6. The number of piperazine rings is 1. The smallest absolute Gasteiger partial charge is 0.150 e. The summed E-state index contributed by atoms with van der Waals surface area (Å²) in [6.07, 6.45) is 25.0. The van der Waals surface area contributed by atoms with Crippen molar-refractivity contribution in [1.82, 2.24) is 82.6 Å². The van der Waals surface area contributed by atoms with E-state index in [1.165, 1.54) is 51.9 Å². The van der Waals surface area contributed by atoms with Crippen molar-refractivity contribution in [3.8, 4) is 67.5 Å². The van der Waals surface area contributed by atoms with E-state index in [1.54, 1.807) is 18.6 Å². The van der Waals surface area contributed by atoms with Gasteiger partial charge in [-0.15, -0.1) is 0 Å². The molecular weight excluding hydrogens is 1450 g/mol. The number of nitrogens with two attached hydrogens (primary N) is 3. The number of piperidine rings is 2. The number of fused-ring (bicyclic) bond motifs is 6. The molecule has 22 heteroatoms. The van der Waals surface area contributed by atoms with E-state index in [-0.39, 0.29) is 12.7 Å². The van der Waals surface area contributed by atoms with Crippen LogP contribution in [0.1, 0.15) is 112 Å². The third-order valence-electron chi connectivity index (χ3n) is 26.4. The number of likely N-dealkylation sites (tertiary alicyclic amines) is 3. The molecule has 3 aliphatic carbocycles. The molecule has 9 aromatic heterocycles. The van der Waals surface area contributed by atoms with Gasteiger partial charge in [0.2, 0.25) is 0 Å². The Hall–Kier alpha value is -11.5. The number of imidazole rings is 3. The quantitative estimate of drug-likeness (QED) is 0.0638. The van der Waals surface area contributed by atoms with Gasteiger partial charge in [-0.1, -0.05) is 146 Å². The molecule has 117 heavy (non-hydrogen) atoms. The molecule has 7 fully saturated rings. The van der Waals surface area contributed by atoms with Crippen LogP contribution in [0.25, 0.3) is 117 Å². The average Bonchev–Trinajstić information content (AvgIpc) is 1.61. The third kappa shape index (κ3) is 14.8. The van der Waals surface area contributed by atoms with Crippen molar-refractivity contribution in [2.24, 2.45) is 0 Å². The first-order valence-electron chi connectivity index (χ1n) is 42.3. The lowest BCUT2D eigenvalue weighted by Crippen LogP contribution is -2.54. The van der Waals surface area contributed by atoms with Gasteiger partial charge in [-0.3, -0.25) is 23.0 Å². The minimum absolute atomic E-state index is 0.137. The molecule has 15 aromatic rings. The summed E-state index contributed by atoms with van der Waals surface area (Å²) in [6.45, 7) is 12.3. The van der Waals surface area contributed by atoms with Crippen molar-refractivity contribution in [3.05, 3.63) is 237 Å². The van der Waals surface area contributed by atoms with Crippen LogP contribution in [0.5, 0.6) is 0 Å². The van der Waals surface area contributed by atoms with Crippen LogP contribution in [-0.2, 0) is 0 Å². The van der Waals surface area contributed by atoms with Crippen LogP contribution in [-0.4, -0.2) is 202 Å². The molecule has 22 rings (SSSR count). The highest BCUT2D eigenvalue weighted by atomic mass is 16.3. The molecule has 22 nitrogen and oxygen atoms in total. The van der Waals surface area contributed by atoms with Gasteiger partial charge < -0.3 is 42.1 Å². The predicted molar refractivity (Wildman–Crippen MR) is 465 cm³/mol. The van der Waals surface area contributed by atoms with E-state index < -0.39 is 0 Å². The van der Waals surface area contributed by atoms with Gasteiger partial charge in [-0.05, 0) is 140 Å². The van der Waals surface area contributed by atoms with Crippen molar-refractivity contribution in [3.63, 3.8) is 0 Å². The van der Waals surface area contributed by atoms with E-state index in [2.05, 4.69) is 180 Å². The van der Waals surface area contributed by atoms with Crippen molar-refractivity contribution in [2.75, 3.05) is 95.8 Å². The van der Waals surface area contributed by atoms with Gasteiger partial charge in [-0.25, -0.2) is 44.9 Å². The maximum atomic E-state index is 9.86. The molecule has 4 saturated heterocycles. The molecule has 592 valence electrons. The Morgan fingerprint density at radius 1 is 0.333 bits per heavy atom. The molecule has 6 aromatic carbocycles. The first-order chi connectivity index (χ1) is 57.5. The lowest BCUT2D eigenvalue weighted by molar-refractivity contribution is 0.0301. The lowest BCUT2D eigenvalue weighted by Gasteiger charge is -2.46. The fourth-order valence-corrected chi connectivity index (χ4v) is 19.6. The third-order valence-corrected chi connectivity index (χ3v) is 26.4. The highest BCUT2D eigenvalue weighted by Gasteiger charge is 2.43. The Labute approximate surface area is 680 Å². The molecule has 0 spiro atoms. The summed E-state index contributed by atoms with van der Waals surface area (Å²) in [5.74, 6) is 5.93. The second-order valence-electron chi connectivity index (χ2n) is 33.3. The van der Waals surface area contributed by atoms with Gasteiger partial charge in [0.15, 0.2) is 0 Å². The lowest BCUT2D eigenvalue weighted by atomic mass is 9.78. The van der Waals surface area contributed by atoms with Crippen LogP contribution in [0.2, 0.25) is 0 Å². The second kappa shape index (κ2) is 32.2. The number of pyridine rings is 3. The zero-order chi connectivity index (χ0) is 78.6. The zero-order valence-corrected chi connectivity index (χ0v) is 66.1. The Kier molecular flexibility index (Phi) is 20.5. The van der Waals surface area contributed by atoms with E-state index >= 15 is 0 Å². The van der Waals surface area contributed by atoms with Crippen LogP contribution in [0.3, 0.4) is 0 Å². The minimum atomic E-state index is -0.137. The van der Waals surface area contributed by atoms with Crippen LogP contribution in [0, 0.1) is 0 Å². The summed E-state index contributed by atoms with van der Waals surface area (Å²) >= 11 is 0. The largest absolute Gasteiger partial charge is 0.395 e. The van der Waals surface area contributed by atoms with Crippen molar-refractivity contribution < 1.29 is 10.2 Å². The molecule has 0 radical (unpaired) electrons. The SMILES string of the molecule is Nc1nccn2c(C3CC(N4CCC(N5CCCC5)CC4)C3)nc(-c3ccc4ccc(-c5ccccc5)nc4c3)c12.Nc1nccn2c(C3CC(N4CCC(O)CC4)C3)nc(-c3ccc4ccc(-c5ccccc5)nc4c3)c12.Nc1nccn2c(C3CC(N4CCN(CCO)CC4)C3)nc(-c3ccc4ccc(-c5ccccc5)nc4c3)c12. The van der Waals surface area contributed by atoms with Gasteiger partial charge >= 0.3 is 0 Å². The van der Waals surface area contributed by atoms with E-state index in [0.717, 1.165) is 237 Å². The number of aromatic nitrogens is 12. The Balaban J connectivity index is 0.000000113. The van der Waals surface area contributed by atoms with Crippen LogP contribution in [0.15, 0.2) is 219 Å². The number of nitrogen functional groups attached to an aromatic ring is 3. The van der Waals surface area contributed by atoms with Crippen molar-refractivity contribution in [2.45, 2.75) is 125 Å². The van der Waals surface area contributed by atoms with Gasteiger partial charge in [0, 0.05) is 174 Å². The summed E-state index contributed by atoms with van der Waals surface area (Å²) < 4.78 is 6.47. The molecular formula is C95H100N20O2. The first kappa shape index (κ1) is 74.4. The molecule has 4 aliphatic heterocycles. The van der Waals surface area contributed by atoms with E-state index in [9.17, 15) is 10.2 Å².